The molecule has 2 rings (SSSR count). The van der Waals surface area contributed by atoms with Gasteiger partial charge in [-0.1, -0.05) is 23.7 Å². The van der Waals surface area contributed by atoms with Gasteiger partial charge in [0.15, 0.2) is 5.78 Å². The smallest absolute Gasteiger partial charge is 0.248 e. The summed E-state index contributed by atoms with van der Waals surface area (Å²) in [5.41, 5.74) is 2.15. The zero-order valence-electron chi connectivity index (χ0n) is 11.5. The van der Waals surface area contributed by atoms with Gasteiger partial charge in [-0.2, -0.15) is 0 Å². The SMILES string of the molecule is CC(=O)c1ccc(NC(=O)/C=C/c2ccc(Cl)cc2)cc1. The van der Waals surface area contributed by atoms with E-state index in [1.807, 2.05) is 12.1 Å². The van der Waals surface area contributed by atoms with E-state index in [1.165, 1.54) is 13.0 Å². The van der Waals surface area contributed by atoms with Crippen molar-refractivity contribution < 1.29 is 9.59 Å². The fraction of sp³-hybridized carbons (Fsp3) is 0.0588. The van der Waals surface area contributed by atoms with Gasteiger partial charge in [0.25, 0.3) is 0 Å². The van der Waals surface area contributed by atoms with Crippen molar-refractivity contribution >= 4 is 35.1 Å². The Hall–Kier alpha value is -2.39. The van der Waals surface area contributed by atoms with Crippen molar-refractivity contribution in [1.29, 1.82) is 0 Å². The van der Waals surface area contributed by atoms with Crippen molar-refractivity contribution in [2.45, 2.75) is 6.92 Å². The van der Waals surface area contributed by atoms with E-state index in [4.69, 9.17) is 11.6 Å². The van der Waals surface area contributed by atoms with Gasteiger partial charge in [0.2, 0.25) is 5.91 Å². The molecule has 106 valence electrons. The third kappa shape index (κ3) is 4.58. The van der Waals surface area contributed by atoms with E-state index in [9.17, 15) is 9.59 Å². The van der Waals surface area contributed by atoms with Crippen LogP contribution in [0.1, 0.15) is 22.8 Å². The number of Topliss-reactive ketones (excluding diaryl/α,β-unsaturated/α-hetero) is 1. The number of amides is 1. The van der Waals surface area contributed by atoms with E-state index in [1.54, 1.807) is 42.5 Å². The molecule has 0 saturated heterocycles. The van der Waals surface area contributed by atoms with Crippen LogP contribution in [0.4, 0.5) is 5.69 Å². The second kappa shape index (κ2) is 6.86. The predicted octanol–water partition coefficient (Wildman–Crippen LogP) is 4.19. The van der Waals surface area contributed by atoms with Gasteiger partial charge in [0.05, 0.1) is 0 Å². The number of carbonyl (C=O) groups excluding carboxylic acids is 2. The van der Waals surface area contributed by atoms with Crippen LogP contribution < -0.4 is 5.32 Å². The van der Waals surface area contributed by atoms with Crippen LogP contribution in [0.15, 0.2) is 54.6 Å². The number of nitrogens with one attached hydrogen (secondary N) is 1. The lowest BCUT2D eigenvalue weighted by atomic mass is 10.1. The van der Waals surface area contributed by atoms with Crippen LogP contribution in [0.3, 0.4) is 0 Å². The van der Waals surface area contributed by atoms with Gasteiger partial charge in [-0.05, 0) is 55.0 Å². The quantitative estimate of drug-likeness (QED) is 0.679. The van der Waals surface area contributed by atoms with E-state index in [-0.39, 0.29) is 11.7 Å². The molecule has 0 atom stereocenters. The first-order valence-corrected chi connectivity index (χ1v) is 6.78. The van der Waals surface area contributed by atoms with Crippen LogP contribution in [0.2, 0.25) is 5.02 Å². The van der Waals surface area contributed by atoms with Crippen LogP contribution in [-0.4, -0.2) is 11.7 Å². The molecule has 1 N–H and O–H groups in total. The first-order valence-electron chi connectivity index (χ1n) is 6.40. The summed E-state index contributed by atoms with van der Waals surface area (Å²) < 4.78 is 0. The summed E-state index contributed by atoms with van der Waals surface area (Å²) in [5, 5.41) is 3.38. The molecule has 0 radical (unpaired) electrons. The van der Waals surface area contributed by atoms with Gasteiger partial charge in [0.1, 0.15) is 0 Å². The van der Waals surface area contributed by atoms with Gasteiger partial charge in [-0.3, -0.25) is 9.59 Å². The van der Waals surface area contributed by atoms with E-state index in [2.05, 4.69) is 5.32 Å². The molecular formula is C17H14ClNO2. The number of rotatable bonds is 4. The van der Waals surface area contributed by atoms with Crippen molar-refractivity contribution in [1.82, 2.24) is 0 Å². The Balaban J connectivity index is 1.98. The number of hydrogen-bond acceptors (Lipinski definition) is 2. The Morgan fingerprint density at radius 3 is 2.19 bits per heavy atom. The first kappa shape index (κ1) is 15.0. The van der Waals surface area contributed by atoms with Crippen molar-refractivity contribution in [3.05, 3.63) is 70.8 Å². The predicted molar refractivity (Wildman–Crippen MR) is 85.6 cm³/mol. The topological polar surface area (TPSA) is 46.2 Å². The summed E-state index contributed by atoms with van der Waals surface area (Å²) in [6.07, 6.45) is 3.15. The molecule has 0 bridgehead atoms. The Labute approximate surface area is 128 Å². The molecule has 1 amide bonds. The summed E-state index contributed by atoms with van der Waals surface area (Å²) in [7, 11) is 0. The molecule has 0 heterocycles. The maximum absolute atomic E-state index is 11.8. The Morgan fingerprint density at radius 2 is 1.62 bits per heavy atom. The molecule has 0 aliphatic rings. The van der Waals surface area contributed by atoms with Crippen molar-refractivity contribution in [2.24, 2.45) is 0 Å². The minimum atomic E-state index is -0.236. The molecule has 0 fully saturated rings. The molecule has 21 heavy (non-hydrogen) atoms. The van der Waals surface area contributed by atoms with Crippen LogP contribution in [0.25, 0.3) is 6.08 Å². The fourth-order valence-corrected chi connectivity index (χ4v) is 1.84. The molecule has 0 aromatic heterocycles. The zero-order valence-corrected chi connectivity index (χ0v) is 12.2. The lowest BCUT2D eigenvalue weighted by Gasteiger charge is -2.02. The number of hydrogen-bond donors (Lipinski definition) is 1. The Kier molecular flexibility index (Phi) is 4.90. The summed E-state index contributed by atoms with van der Waals surface area (Å²) in [6, 6.07) is 13.9. The Bertz CT molecular complexity index is 673. The second-order valence-corrected chi connectivity index (χ2v) is 4.94. The van der Waals surface area contributed by atoms with E-state index in [0.717, 1.165) is 5.56 Å². The second-order valence-electron chi connectivity index (χ2n) is 4.51. The third-order valence-corrected chi connectivity index (χ3v) is 3.11. The molecule has 0 saturated carbocycles. The van der Waals surface area contributed by atoms with Gasteiger partial charge < -0.3 is 5.32 Å². The molecule has 2 aromatic rings. The fourth-order valence-electron chi connectivity index (χ4n) is 1.72. The number of anilines is 1. The van der Waals surface area contributed by atoms with Gasteiger partial charge >= 0.3 is 0 Å². The van der Waals surface area contributed by atoms with Gasteiger partial charge in [-0.25, -0.2) is 0 Å². The van der Waals surface area contributed by atoms with E-state index < -0.39 is 0 Å². The summed E-state index contributed by atoms with van der Waals surface area (Å²) >= 11 is 5.79. The lowest BCUT2D eigenvalue weighted by Crippen LogP contribution is -2.07. The van der Waals surface area contributed by atoms with Gasteiger partial charge in [-0.15, -0.1) is 0 Å². The van der Waals surface area contributed by atoms with Crippen LogP contribution in [0, 0.1) is 0 Å². The molecule has 4 heteroatoms. The minimum absolute atomic E-state index is 0.00416. The molecular weight excluding hydrogens is 286 g/mol. The summed E-state index contributed by atoms with van der Waals surface area (Å²) in [6.45, 7) is 1.50. The number of benzene rings is 2. The molecule has 0 aliphatic heterocycles. The van der Waals surface area contributed by atoms with Crippen LogP contribution >= 0.6 is 11.6 Å². The minimum Gasteiger partial charge on any atom is -0.323 e. The average Bonchev–Trinajstić information content (AvgIpc) is 2.47. The molecule has 0 spiro atoms. The maximum Gasteiger partial charge on any atom is 0.248 e. The summed E-state index contributed by atoms with van der Waals surface area (Å²) in [5.74, 6) is -0.240. The molecule has 0 unspecified atom stereocenters. The summed E-state index contributed by atoms with van der Waals surface area (Å²) in [4.78, 5) is 22.9. The monoisotopic (exact) mass is 299 g/mol. The average molecular weight is 300 g/mol. The van der Waals surface area contributed by atoms with Crippen LogP contribution in [0.5, 0.6) is 0 Å². The van der Waals surface area contributed by atoms with E-state index >= 15 is 0 Å². The van der Waals surface area contributed by atoms with Crippen molar-refractivity contribution in [3.8, 4) is 0 Å². The highest BCUT2D eigenvalue weighted by Crippen LogP contribution is 2.12. The standard InChI is InChI=1S/C17H14ClNO2/c1-12(20)14-5-9-16(10-6-14)19-17(21)11-4-13-2-7-15(18)8-3-13/h2-11H,1H3,(H,19,21)/b11-4+. The largest absolute Gasteiger partial charge is 0.323 e. The third-order valence-electron chi connectivity index (χ3n) is 2.86. The number of ketones is 1. The number of carbonyl (C=O) groups is 2. The van der Waals surface area contributed by atoms with E-state index in [0.29, 0.717) is 16.3 Å². The molecule has 0 aliphatic carbocycles. The molecule has 3 nitrogen and oxygen atoms in total. The van der Waals surface area contributed by atoms with Crippen molar-refractivity contribution in [3.63, 3.8) is 0 Å². The van der Waals surface area contributed by atoms with Gasteiger partial charge in [0, 0.05) is 22.3 Å². The first-order chi connectivity index (χ1) is 10.0. The zero-order chi connectivity index (χ0) is 15.2. The lowest BCUT2D eigenvalue weighted by molar-refractivity contribution is -0.111. The normalized spacial score (nSPS) is 10.6. The van der Waals surface area contributed by atoms with Crippen molar-refractivity contribution in [2.75, 3.05) is 5.32 Å². The highest BCUT2D eigenvalue weighted by Gasteiger charge is 2.01. The highest BCUT2D eigenvalue weighted by molar-refractivity contribution is 6.30. The Morgan fingerprint density at radius 1 is 1.00 bits per heavy atom. The highest BCUT2D eigenvalue weighted by atomic mass is 35.5. The molecule has 2 aromatic carbocycles. The van der Waals surface area contributed by atoms with Crippen LogP contribution in [-0.2, 0) is 4.79 Å². The number of halogens is 1. The maximum atomic E-state index is 11.8.